The highest BCUT2D eigenvalue weighted by molar-refractivity contribution is 8.00. The Kier molecular flexibility index (Phi) is 8.35. The van der Waals surface area contributed by atoms with Crippen LogP contribution >= 0.6 is 23.2 Å². The Morgan fingerprint density at radius 1 is 0.947 bits per heavy atom. The number of carbonyl (C=O) groups excluding carboxylic acids is 1. The van der Waals surface area contributed by atoms with Crippen molar-refractivity contribution in [2.45, 2.75) is 25.4 Å². The number of nitrogens with one attached hydrogen (secondary N) is 1. The third kappa shape index (κ3) is 6.84. The SMILES string of the molecule is CC(C)(N)CNC(=O)c1cccc(C(=C2CN(C(c3ccc(Cl)cc3)c3ccc(Cl)cc3)C2)S(C)(=O)=O)c1. The fourth-order valence-electron chi connectivity index (χ4n) is 4.57. The van der Waals surface area contributed by atoms with Crippen LogP contribution in [-0.2, 0) is 9.84 Å². The van der Waals surface area contributed by atoms with Crippen molar-refractivity contribution in [3.05, 3.63) is 111 Å². The molecule has 0 atom stereocenters. The third-order valence-electron chi connectivity index (χ3n) is 6.31. The van der Waals surface area contributed by atoms with Crippen molar-refractivity contribution in [1.29, 1.82) is 0 Å². The number of benzene rings is 3. The molecule has 9 heteroatoms. The monoisotopic (exact) mass is 571 g/mol. The van der Waals surface area contributed by atoms with Gasteiger partial charge in [0.05, 0.1) is 10.9 Å². The molecule has 0 unspecified atom stereocenters. The first kappa shape index (κ1) is 28.3. The standard InChI is InChI=1S/C29H31Cl2N3O3S/c1-29(2,32)18-33-28(35)22-6-4-5-21(15-22)27(38(3,36)37)23-16-34(17-23)26(19-7-11-24(30)12-8-19)20-9-13-25(31)14-10-20/h4-15,26H,16-18,32H2,1-3H3,(H,33,35). The van der Waals surface area contributed by atoms with Crippen LogP contribution in [0.2, 0.25) is 10.0 Å². The molecule has 1 heterocycles. The minimum atomic E-state index is -3.58. The van der Waals surface area contributed by atoms with E-state index >= 15 is 0 Å². The van der Waals surface area contributed by atoms with Gasteiger partial charge in [-0.1, -0.05) is 59.6 Å². The largest absolute Gasteiger partial charge is 0.350 e. The Hall–Kier alpha value is -2.68. The Labute approximate surface area is 234 Å². The van der Waals surface area contributed by atoms with Gasteiger partial charge >= 0.3 is 0 Å². The molecule has 4 rings (SSSR count). The zero-order chi connectivity index (χ0) is 27.7. The molecule has 1 saturated heterocycles. The number of carbonyl (C=O) groups is 1. The molecule has 0 spiro atoms. The number of nitrogens with zero attached hydrogens (tertiary/aromatic N) is 1. The smallest absolute Gasteiger partial charge is 0.251 e. The summed E-state index contributed by atoms with van der Waals surface area (Å²) in [6.07, 6.45) is 1.21. The van der Waals surface area contributed by atoms with Crippen LogP contribution in [0.15, 0.2) is 78.4 Å². The first-order chi connectivity index (χ1) is 17.8. The molecule has 200 valence electrons. The predicted octanol–water partition coefficient (Wildman–Crippen LogP) is 5.32. The highest BCUT2D eigenvalue weighted by atomic mass is 35.5. The lowest BCUT2D eigenvalue weighted by Gasteiger charge is -2.42. The van der Waals surface area contributed by atoms with Gasteiger partial charge in [-0.3, -0.25) is 9.69 Å². The molecule has 1 aliphatic heterocycles. The number of hydrogen-bond donors (Lipinski definition) is 2. The van der Waals surface area contributed by atoms with Gasteiger partial charge in [0.15, 0.2) is 9.84 Å². The second-order valence-electron chi connectivity index (χ2n) is 10.4. The molecule has 3 aromatic rings. The van der Waals surface area contributed by atoms with E-state index in [1.54, 1.807) is 24.3 Å². The molecule has 0 aliphatic carbocycles. The lowest BCUT2D eigenvalue weighted by atomic mass is 9.92. The quantitative estimate of drug-likeness (QED) is 0.381. The van der Waals surface area contributed by atoms with E-state index in [-0.39, 0.29) is 16.9 Å². The molecule has 1 aliphatic rings. The summed E-state index contributed by atoms with van der Waals surface area (Å²) in [5, 5.41) is 4.10. The Bertz CT molecular complexity index is 1410. The van der Waals surface area contributed by atoms with Crippen molar-refractivity contribution in [2.24, 2.45) is 5.73 Å². The molecule has 3 N–H and O–H groups in total. The molecular formula is C29H31Cl2N3O3S. The number of halogens is 2. The fourth-order valence-corrected chi connectivity index (χ4v) is 6.03. The minimum Gasteiger partial charge on any atom is -0.350 e. The third-order valence-corrected chi connectivity index (χ3v) is 8.08. The van der Waals surface area contributed by atoms with Crippen molar-refractivity contribution in [1.82, 2.24) is 10.2 Å². The van der Waals surface area contributed by atoms with Gasteiger partial charge in [0.2, 0.25) is 0 Å². The number of sulfone groups is 1. The maximum Gasteiger partial charge on any atom is 0.251 e. The van der Waals surface area contributed by atoms with Crippen LogP contribution in [0, 0.1) is 0 Å². The molecule has 0 aromatic heterocycles. The molecular weight excluding hydrogens is 541 g/mol. The Morgan fingerprint density at radius 2 is 1.45 bits per heavy atom. The molecule has 3 aromatic carbocycles. The van der Waals surface area contributed by atoms with Crippen molar-refractivity contribution < 1.29 is 13.2 Å². The van der Waals surface area contributed by atoms with Gasteiger partial charge in [-0.05, 0) is 72.5 Å². The summed E-state index contributed by atoms with van der Waals surface area (Å²) in [6.45, 7) is 4.84. The maximum atomic E-state index is 13.0. The topological polar surface area (TPSA) is 92.5 Å². The van der Waals surface area contributed by atoms with Crippen molar-refractivity contribution >= 4 is 43.9 Å². The zero-order valence-corrected chi connectivity index (χ0v) is 23.9. The van der Waals surface area contributed by atoms with Gasteiger partial charge in [0.1, 0.15) is 0 Å². The highest BCUT2D eigenvalue weighted by Crippen LogP contribution is 2.38. The summed E-state index contributed by atoms with van der Waals surface area (Å²) in [7, 11) is -3.58. The van der Waals surface area contributed by atoms with Crippen molar-refractivity contribution in [3.63, 3.8) is 0 Å². The number of likely N-dealkylation sites (tertiary alicyclic amines) is 1. The number of rotatable bonds is 8. The average molecular weight is 573 g/mol. The lowest BCUT2D eigenvalue weighted by Crippen LogP contribution is -2.45. The fraction of sp³-hybridized carbons (Fsp3) is 0.276. The van der Waals surface area contributed by atoms with E-state index in [9.17, 15) is 13.2 Å². The van der Waals surface area contributed by atoms with Crippen molar-refractivity contribution in [2.75, 3.05) is 25.9 Å². The van der Waals surface area contributed by atoms with E-state index in [4.69, 9.17) is 28.9 Å². The second kappa shape index (κ2) is 11.2. The van der Waals surface area contributed by atoms with Crippen LogP contribution in [0.3, 0.4) is 0 Å². The van der Waals surface area contributed by atoms with Gasteiger partial charge in [0, 0.05) is 47.0 Å². The second-order valence-corrected chi connectivity index (χ2v) is 13.2. The van der Waals surface area contributed by atoms with E-state index in [1.165, 1.54) is 6.26 Å². The van der Waals surface area contributed by atoms with E-state index in [0.717, 1.165) is 16.7 Å². The van der Waals surface area contributed by atoms with Gasteiger partial charge in [-0.15, -0.1) is 0 Å². The van der Waals surface area contributed by atoms with Gasteiger partial charge in [-0.2, -0.15) is 0 Å². The van der Waals surface area contributed by atoms with Crippen LogP contribution in [-0.4, -0.2) is 50.7 Å². The summed E-state index contributed by atoms with van der Waals surface area (Å²) in [4.78, 5) is 15.2. The van der Waals surface area contributed by atoms with Gasteiger partial charge in [-0.25, -0.2) is 8.42 Å². The first-order valence-corrected chi connectivity index (χ1v) is 14.8. The molecule has 1 fully saturated rings. The zero-order valence-electron chi connectivity index (χ0n) is 21.5. The summed E-state index contributed by atoms with van der Waals surface area (Å²) in [5.41, 5.74) is 9.17. The first-order valence-electron chi connectivity index (χ1n) is 12.2. The molecule has 0 bridgehead atoms. The molecule has 1 amide bonds. The molecule has 38 heavy (non-hydrogen) atoms. The summed E-state index contributed by atoms with van der Waals surface area (Å²) in [5.74, 6) is -0.302. The normalized spacial score (nSPS) is 14.3. The van der Waals surface area contributed by atoms with E-state index < -0.39 is 15.4 Å². The van der Waals surface area contributed by atoms with Gasteiger partial charge in [0.25, 0.3) is 5.91 Å². The summed E-state index contributed by atoms with van der Waals surface area (Å²) >= 11 is 12.3. The van der Waals surface area contributed by atoms with Crippen molar-refractivity contribution in [3.8, 4) is 0 Å². The van der Waals surface area contributed by atoms with E-state index in [1.807, 2.05) is 62.4 Å². The minimum absolute atomic E-state index is 0.106. The van der Waals surface area contributed by atoms with Gasteiger partial charge < -0.3 is 11.1 Å². The average Bonchev–Trinajstić information content (AvgIpc) is 2.82. The number of nitrogens with two attached hydrogens (primary N) is 1. The highest BCUT2D eigenvalue weighted by Gasteiger charge is 2.34. The maximum absolute atomic E-state index is 13.0. The van der Waals surface area contributed by atoms with Crippen LogP contribution in [0.4, 0.5) is 0 Å². The Balaban J connectivity index is 1.66. The Morgan fingerprint density at radius 3 is 1.92 bits per heavy atom. The molecule has 6 nitrogen and oxygen atoms in total. The lowest BCUT2D eigenvalue weighted by molar-refractivity contribution is 0.0946. The summed E-state index contributed by atoms with van der Waals surface area (Å²) in [6, 6.07) is 21.9. The molecule has 0 radical (unpaired) electrons. The van der Waals surface area contributed by atoms with E-state index in [2.05, 4.69) is 10.2 Å². The van der Waals surface area contributed by atoms with Crippen LogP contribution in [0.5, 0.6) is 0 Å². The van der Waals surface area contributed by atoms with E-state index in [0.29, 0.717) is 40.8 Å². The van der Waals surface area contributed by atoms with Crippen LogP contribution < -0.4 is 11.1 Å². The number of amides is 1. The predicted molar refractivity (Wildman–Crippen MR) is 155 cm³/mol. The van der Waals surface area contributed by atoms with Crippen LogP contribution in [0.1, 0.15) is 46.9 Å². The summed E-state index contributed by atoms with van der Waals surface area (Å²) < 4.78 is 25.9. The number of hydrogen-bond acceptors (Lipinski definition) is 5. The molecule has 0 saturated carbocycles. The van der Waals surface area contributed by atoms with Crippen LogP contribution in [0.25, 0.3) is 4.91 Å².